The summed E-state index contributed by atoms with van der Waals surface area (Å²) in [5, 5.41) is 10.2. The number of imidazole rings is 1. The lowest BCUT2D eigenvalue weighted by molar-refractivity contribution is 0.477. The van der Waals surface area contributed by atoms with Crippen molar-refractivity contribution in [2.45, 2.75) is 0 Å². The number of halogens is 2. The van der Waals surface area contributed by atoms with Crippen molar-refractivity contribution >= 4 is 22.6 Å². The van der Waals surface area contributed by atoms with Gasteiger partial charge in [0.2, 0.25) is 0 Å². The highest BCUT2D eigenvalue weighted by molar-refractivity contribution is 6.30. The van der Waals surface area contributed by atoms with E-state index in [1.165, 1.54) is 18.2 Å². The summed E-state index contributed by atoms with van der Waals surface area (Å²) in [6.45, 7) is 0. The minimum Gasteiger partial charge on any atom is -0.507 e. The van der Waals surface area contributed by atoms with E-state index >= 15 is 0 Å². The van der Waals surface area contributed by atoms with Crippen LogP contribution in [0.15, 0.2) is 36.4 Å². The van der Waals surface area contributed by atoms with E-state index in [0.717, 1.165) is 0 Å². The maximum atomic E-state index is 13.1. The molecule has 0 amide bonds. The summed E-state index contributed by atoms with van der Waals surface area (Å²) >= 11 is 5.76. The molecule has 0 radical (unpaired) electrons. The van der Waals surface area contributed by atoms with Crippen molar-refractivity contribution in [3.8, 4) is 17.1 Å². The van der Waals surface area contributed by atoms with Crippen molar-refractivity contribution in [3.05, 3.63) is 47.2 Å². The molecule has 3 rings (SSSR count). The van der Waals surface area contributed by atoms with Gasteiger partial charge in [0.25, 0.3) is 0 Å². The normalized spacial score (nSPS) is 11.0. The molecule has 0 bridgehead atoms. The molecule has 0 spiro atoms. The number of aromatic amines is 1. The summed E-state index contributed by atoms with van der Waals surface area (Å²) in [5.74, 6) is 0.171. The topological polar surface area (TPSA) is 48.9 Å². The van der Waals surface area contributed by atoms with E-state index in [9.17, 15) is 9.50 Å². The molecule has 0 unspecified atom stereocenters. The summed E-state index contributed by atoms with van der Waals surface area (Å²) in [6.07, 6.45) is 0. The van der Waals surface area contributed by atoms with Crippen LogP contribution in [0.2, 0.25) is 5.02 Å². The molecular weight excluding hydrogens is 255 g/mol. The van der Waals surface area contributed by atoms with Gasteiger partial charge in [-0.05, 0) is 36.4 Å². The molecule has 0 atom stereocenters. The van der Waals surface area contributed by atoms with E-state index < -0.39 is 0 Å². The molecule has 18 heavy (non-hydrogen) atoms. The number of rotatable bonds is 1. The summed E-state index contributed by atoms with van der Waals surface area (Å²) in [6, 6.07) is 9.03. The van der Waals surface area contributed by atoms with Gasteiger partial charge >= 0.3 is 0 Å². The number of nitrogens with zero attached hydrogens (tertiary/aromatic N) is 1. The first-order valence-corrected chi connectivity index (χ1v) is 5.65. The molecule has 2 N–H and O–H groups in total. The SMILES string of the molecule is Oc1cc(Cl)ccc1-c1nc2ccc(F)cc2[nH]1. The summed E-state index contributed by atoms with van der Waals surface area (Å²) < 4.78 is 13.1. The molecule has 0 aliphatic heterocycles. The molecule has 1 heterocycles. The summed E-state index contributed by atoms with van der Waals surface area (Å²) in [5.41, 5.74) is 1.75. The average molecular weight is 263 g/mol. The van der Waals surface area contributed by atoms with Crippen LogP contribution in [0.25, 0.3) is 22.4 Å². The van der Waals surface area contributed by atoms with Crippen molar-refractivity contribution in [2.75, 3.05) is 0 Å². The van der Waals surface area contributed by atoms with Crippen LogP contribution < -0.4 is 0 Å². The lowest BCUT2D eigenvalue weighted by Crippen LogP contribution is -1.81. The van der Waals surface area contributed by atoms with Crippen LogP contribution >= 0.6 is 11.6 Å². The van der Waals surface area contributed by atoms with Gasteiger partial charge in [0, 0.05) is 5.02 Å². The van der Waals surface area contributed by atoms with Gasteiger partial charge in [-0.3, -0.25) is 0 Å². The van der Waals surface area contributed by atoms with Crippen molar-refractivity contribution in [3.63, 3.8) is 0 Å². The predicted molar refractivity (Wildman–Crippen MR) is 68.2 cm³/mol. The van der Waals surface area contributed by atoms with Crippen LogP contribution in [0, 0.1) is 5.82 Å². The number of aromatic nitrogens is 2. The standard InChI is InChI=1S/C13H8ClFN2O/c14-7-1-3-9(12(18)5-7)13-16-10-4-2-8(15)6-11(10)17-13/h1-6,18H,(H,16,17). The van der Waals surface area contributed by atoms with E-state index in [-0.39, 0.29) is 11.6 Å². The Bertz CT molecular complexity index is 739. The zero-order valence-corrected chi connectivity index (χ0v) is 9.87. The molecular formula is C13H8ClFN2O. The van der Waals surface area contributed by atoms with Crippen molar-refractivity contribution < 1.29 is 9.50 Å². The van der Waals surface area contributed by atoms with Crippen LogP contribution in [0.4, 0.5) is 4.39 Å². The third-order valence-electron chi connectivity index (χ3n) is 2.66. The van der Waals surface area contributed by atoms with Crippen LogP contribution in [0.5, 0.6) is 5.75 Å². The molecule has 0 saturated heterocycles. The first-order chi connectivity index (χ1) is 8.63. The summed E-state index contributed by atoms with van der Waals surface area (Å²) in [7, 11) is 0. The summed E-state index contributed by atoms with van der Waals surface area (Å²) in [4.78, 5) is 7.25. The van der Waals surface area contributed by atoms with Crippen LogP contribution in [0.3, 0.4) is 0 Å². The van der Waals surface area contributed by atoms with E-state index in [1.54, 1.807) is 18.2 Å². The van der Waals surface area contributed by atoms with E-state index in [4.69, 9.17) is 11.6 Å². The Balaban J connectivity index is 2.19. The van der Waals surface area contributed by atoms with Gasteiger partial charge in [-0.1, -0.05) is 11.6 Å². The fourth-order valence-corrected chi connectivity index (χ4v) is 1.98. The Morgan fingerprint density at radius 1 is 1.17 bits per heavy atom. The molecule has 90 valence electrons. The highest BCUT2D eigenvalue weighted by Crippen LogP contribution is 2.30. The van der Waals surface area contributed by atoms with Crippen LogP contribution in [-0.2, 0) is 0 Å². The van der Waals surface area contributed by atoms with Crippen molar-refractivity contribution in [1.29, 1.82) is 0 Å². The first-order valence-electron chi connectivity index (χ1n) is 5.27. The second-order valence-electron chi connectivity index (χ2n) is 3.91. The molecule has 0 fully saturated rings. The Labute approximate surface area is 107 Å². The third-order valence-corrected chi connectivity index (χ3v) is 2.89. The highest BCUT2D eigenvalue weighted by atomic mass is 35.5. The second-order valence-corrected chi connectivity index (χ2v) is 4.34. The molecule has 0 saturated carbocycles. The molecule has 3 aromatic rings. The quantitative estimate of drug-likeness (QED) is 0.702. The predicted octanol–water partition coefficient (Wildman–Crippen LogP) is 3.73. The number of hydrogen-bond donors (Lipinski definition) is 2. The smallest absolute Gasteiger partial charge is 0.142 e. The van der Waals surface area contributed by atoms with Gasteiger partial charge in [0.1, 0.15) is 17.4 Å². The largest absolute Gasteiger partial charge is 0.507 e. The minimum atomic E-state index is -0.335. The van der Waals surface area contributed by atoms with Crippen LogP contribution in [0.1, 0.15) is 0 Å². The van der Waals surface area contributed by atoms with E-state index in [2.05, 4.69) is 9.97 Å². The second kappa shape index (κ2) is 3.99. The number of phenolic OH excluding ortho intramolecular Hbond substituents is 1. The number of nitrogens with one attached hydrogen (secondary N) is 1. The number of phenols is 1. The fourth-order valence-electron chi connectivity index (χ4n) is 1.81. The van der Waals surface area contributed by atoms with Gasteiger partial charge in [-0.2, -0.15) is 0 Å². The highest BCUT2D eigenvalue weighted by Gasteiger charge is 2.10. The molecule has 1 aromatic heterocycles. The Morgan fingerprint density at radius 3 is 2.78 bits per heavy atom. The van der Waals surface area contributed by atoms with Gasteiger partial charge < -0.3 is 10.1 Å². The molecule has 2 aromatic carbocycles. The zero-order chi connectivity index (χ0) is 12.7. The average Bonchev–Trinajstić information content (AvgIpc) is 2.71. The number of H-pyrrole nitrogens is 1. The monoisotopic (exact) mass is 262 g/mol. The lowest BCUT2D eigenvalue weighted by atomic mass is 10.2. The first kappa shape index (κ1) is 11.0. The maximum Gasteiger partial charge on any atom is 0.142 e. The Kier molecular flexibility index (Phi) is 2.45. The van der Waals surface area contributed by atoms with Crippen molar-refractivity contribution in [2.24, 2.45) is 0 Å². The number of fused-ring (bicyclic) bond motifs is 1. The van der Waals surface area contributed by atoms with Gasteiger partial charge in [-0.15, -0.1) is 0 Å². The van der Waals surface area contributed by atoms with Crippen LogP contribution in [-0.4, -0.2) is 15.1 Å². The molecule has 3 nitrogen and oxygen atoms in total. The van der Waals surface area contributed by atoms with Crippen molar-refractivity contribution in [1.82, 2.24) is 9.97 Å². The fraction of sp³-hybridized carbons (Fsp3) is 0. The van der Waals surface area contributed by atoms with Gasteiger partial charge in [0.05, 0.1) is 16.6 Å². The van der Waals surface area contributed by atoms with E-state index in [1.807, 2.05) is 0 Å². The molecule has 0 aliphatic carbocycles. The Hall–Kier alpha value is -2.07. The van der Waals surface area contributed by atoms with Gasteiger partial charge in [0.15, 0.2) is 0 Å². The minimum absolute atomic E-state index is 0.0297. The maximum absolute atomic E-state index is 13.1. The molecule has 0 aliphatic rings. The number of aromatic hydroxyl groups is 1. The Morgan fingerprint density at radius 2 is 2.00 bits per heavy atom. The third kappa shape index (κ3) is 1.80. The van der Waals surface area contributed by atoms with E-state index in [0.29, 0.717) is 27.4 Å². The lowest BCUT2D eigenvalue weighted by Gasteiger charge is -2.00. The number of hydrogen-bond acceptors (Lipinski definition) is 2. The number of benzene rings is 2. The van der Waals surface area contributed by atoms with Gasteiger partial charge in [-0.25, -0.2) is 9.37 Å². The zero-order valence-electron chi connectivity index (χ0n) is 9.11. The molecule has 5 heteroatoms.